The highest BCUT2D eigenvalue weighted by Crippen LogP contribution is 2.26. The van der Waals surface area contributed by atoms with E-state index in [2.05, 4.69) is 62.7 Å². The summed E-state index contributed by atoms with van der Waals surface area (Å²) in [6, 6.07) is 15.6. The molecule has 1 aromatic heterocycles. The Morgan fingerprint density at radius 3 is 2.62 bits per heavy atom. The molecule has 26 heavy (non-hydrogen) atoms. The molecule has 3 aromatic rings. The van der Waals surface area contributed by atoms with Crippen LogP contribution in [-0.2, 0) is 6.42 Å². The van der Waals surface area contributed by atoms with Crippen LogP contribution in [0.5, 0.6) is 0 Å². The third kappa shape index (κ3) is 4.93. The van der Waals surface area contributed by atoms with Gasteiger partial charge in [-0.15, -0.1) is 11.3 Å². The second-order valence-corrected chi connectivity index (χ2v) is 7.61. The van der Waals surface area contributed by atoms with E-state index in [9.17, 15) is 4.79 Å². The summed E-state index contributed by atoms with van der Waals surface area (Å²) in [5.74, 6) is 0. The molecule has 6 heteroatoms. The lowest BCUT2D eigenvalue weighted by Gasteiger charge is -2.07. The molecule has 0 saturated carbocycles. The van der Waals surface area contributed by atoms with Crippen molar-refractivity contribution in [3.63, 3.8) is 0 Å². The van der Waals surface area contributed by atoms with Gasteiger partial charge in [-0.05, 0) is 46.5 Å². The van der Waals surface area contributed by atoms with Crippen molar-refractivity contribution in [1.82, 2.24) is 4.98 Å². The predicted molar refractivity (Wildman–Crippen MR) is 113 cm³/mol. The number of para-hydroxylation sites is 1. The number of anilines is 2. The number of hydrogen-bond acceptors (Lipinski definition) is 3. The van der Waals surface area contributed by atoms with E-state index in [0.717, 1.165) is 22.2 Å². The molecule has 0 spiro atoms. The van der Waals surface area contributed by atoms with Gasteiger partial charge in [0.25, 0.3) is 0 Å². The van der Waals surface area contributed by atoms with Crippen LogP contribution in [0.15, 0.2) is 58.4 Å². The molecule has 2 aromatic carbocycles. The van der Waals surface area contributed by atoms with Gasteiger partial charge in [0.1, 0.15) is 0 Å². The topological polar surface area (TPSA) is 54.0 Å². The van der Waals surface area contributed by atoms with Crippen LogP contribution in [0.3, 0.4) is 0 Å². The Hall–Kier alpha value is -2.18. The molecule has 0 aliphatic rings. The normalized spacial score (nSPS) is 10.5. The minimum absolute atomic E-state index is 0.312. The maximum absolute atomic E-state index is 12.1. The Kier molecular flexibility index (Phi) is 6.41. The number of benzene rings is 2. The van der Waals surface area contributed by atoms with Gasteiger partial charge in [0, 0.05) is 15.4 Å². The summed E-state index contributed by atoms with van der Waals surface area (Å²) in [5, 5.41) is 8.11. The number of rotatable bonds is 6. The SMILES string of the molecule is CCCCc1ccc(-c2csc(NC(=O)Nc3ccccc3Br)n2)cc1. The Labute approximate surface area is 165 Å². The summed E-state index contributed by atoms with van der Waals surface area (Å²) in [7, 11) is 0. The number of amides is 2. The maximum atomic E-state index is 12.1. The number of aryl methyl sites for hydroxylation is 1. The van der Waals surface area contributed by atoms with Crippen molar-refractivity contribution < 1.29 is 4.79 Å². The zero-order valence-electron chi connectivity index (χ0n) is 14.5. The van der Waals surface area contributed by atoms with E-state index < -0.39 is 0 Å². The van der Waals surface area contributed by atoms with Crippen molar-refractivity contribution in [2.45, 2.75) is 26.2 Å². The first-order valence-electron chi connectivity index (χ1n) is 8.53. The van der Waals surface area contributed by atoms with Crippen LogP contribution in [0, 0.1) is 0 Å². The summed E-state index contributed by atoms with van der Waals surface area (Å²) in [4.78, 5) is 16.7. The summed E-state index contributed by atoms with van der Waals surface area (Å²) in [6.45, 7) is 2.20. The molecule has 0 bridgehead atoms. The van der Waals surface area contributed by atoms with Crippen molar-refractivity contribution in [3.8, 4) is 11.3 Å². The van der Waals surface area contributed by atoms with Gasteiger partial charge < -0.3 is 5.32 Å². The number of carbonyl (C=O) groups is 1. The smallest absolute Gasteiger partial charge is 0.307 e. The molecule has 2 amide bonds. The molecule has 1 heterocycles. The Balaban J connectivity index is 1.62. The van der Waals surface area contributed by atoms with Crippen LogP contribution in [0.2, 0.25) is 0 Å². The van der Waals surface area contributed by atoms with Crippen molar-refractivity contribution >= 4 is 44.1 Å². The number of hydrogen-bond donors (Lipinski definition) is 2. The molecule has 0 unspecified atom stereocenters. The fourth-order valence-corrected chi connectivity index (χ4v) is 3.60. The van der Waals surface area contributed by atoms with Crippen LogP contribution in [0.4, 0.5) is 15.6 Å². The second kappa shape index (κ2) is 8.96. The van der Waals surface area contributed by atoms with E-state index in [1.807, 2.05) is 29.6 Å². The summed E-state index contributed by atoms with van der Waals surface area (Å²) < 4.78 is 0.832. The Morgan fingerprint density at radius 1 is 1.12 bits per heavy atom. The minimum Gasteiger partial charge on any atom is -0.307 e. The van der Waals surface area contributed by atoms with Crippen molar-refractivity contribution in [2.24, 2.45) is 0 Å². The lowest BCUT2D eigenvalue weighted by atomic mass is 10.1. The van der Waals surface area contributed by atoms with Crippen molar-refractivity contribution in [1.29, 1.82) is 0 Å². The quantitative estimate of drug-likeness (QED) is 0.465. The van der Waals surface area contributed by atoms with Gasteiger partial charge in [-0.2, -0.15) is 0 Å². The molecule has 3 rings (SSSR count). The summed E-state index contributed by atoms with van der Waals surface area (Å²) >= 11 is 4.82. The highest BCUT2D eigenvalue weighted by molar-refractivity contribution is 9.10. The zero-order chi connectivity index (χ0) is 18.4. The predicted octanol–water partition coefficient (Wildman–Crippen LogP) is 6.56. The largest absolute Gasteiger partial charge is 0.325 e. The first-order chi connectivity index (χ1) is 12.7. The van der Waals surface area contributed by atoms with Gasteiger partial charge in [0.15, 0.2) is 5.13 Å². The lowest BCUT2D eigenvalue weighted by Crippen LogP contribution is -2.19. The molecule has 2 N–H and O–H groups in total. The van der Waals surface area contributed by atoms with E-state index in [4.69, 9.17) is 0 Å². The highest BCUT2D eigenvalue weighted by atomic mass is 79.9. The first-order valence-corrected chi connectivity index (χ1v) is 10.2. The molecular weight excluding hydrogens is 410 g/mol. The monoisotopic (exact) mass is 429 g/mol. The van der Waals surface area contributed by atoms with Gasteiger partial charge in [-0.25, -0.2) is 9.78 Å². The first kappa shape index (κ1) is 18.6. The van der Waals surface area contributed by atoms with E-state index >= 15 is 0 Å². The zero-order valence-corrected chi connectivity index (χ0v) is 16.9. The van der Waals surface area contributed by atoms with Gasteiger partial charge >= 0.3 is 6.03 Å². The Bertz CT molecular complexity index is 877. The number of nitrogens with one attached hydrogen (secondary N) is 2. The number of unbranched alkanes of at least 4 members (excludes halogenated alkanes) is 1. The van der Waals surface area contributed by atoms with E-state index in [1.165, 1.54) is 29.7 Å². The molecule has 0 saturated heterocycles. The lowest BCUT2D eigenvalue weighted by molar-refractivity contribution is 0.262. The average Bonchev–Trinajstić information content (AvgIpc) is 3.10. The number of aromatic nitrogens is 1. The number of carbonyl (C=O) groups excluding carboxylic acids is 1. The number of nitrogens with zero attached hydrogens (tertiary/aromatic N) is 1. The number of thiazole rings is 1. The fourth-order valence-electron chi connectivity index (χ4n) is 2.50. The molecule has 0 atom stereocenters. The Morgan fingerprint density at radius 2 is 1.88 bits per heavy atom. The molecule has 0 fully saturated rings. The van der Waals surface area contributed by atoms with Crippen LogP contribution in [-0.4, -0.2) is 11.0 Å². The van der Waals surface area contributed by atoms with Gasteiger partial charge in [-0.3, -0.25) is 5.32 Å². The fraction of sp³-hybridized carbons (Fsp3) is 0.200. The van der Waals surface area contributed by atoms with E-state index in [0.29, 0.717) is 10.8 Å². The molecule has 4 nitrogen and oxygen atoms in total. The van der Waals surface area contributed by atoms with Gasteiger partial charge in [0.2, 0.25) is 0 Å². The number of halogens is 1. The molecule has 0 aliphatic carbocycles. The third-order valence-corrected chi connectivity index (χ3v) is 5.36. The van der Waals surface area contributed by atoms with Crippen LogP contribution in [0.25, 0.3) is 11.3 Å². The second-order valence-electron chi connectivity index (χ2n) is 5.90. The summed E-state index contributed by atoms with van der Waals surface area (Å²) in [5.41, 5.74) is 3.98. The highest BCUT2D eigenvalue weighted by Gasteiger charge is 2.09. The van der Waals surface area contributed by atoms with E-state index in [-0.39, 0.29) is 6.03 Å². The summed E-state index contributed by atoms with van der Waals surface area (Å²) in [6.07, 6.45) is 3.51. The number of urea groups is 1. The van der Waals surface area contributed by atoms with Gasteiger partial charge in [0.05, 0.1) is 11.4 Å². The van der Waals surface area contributed by atoms with Gasteiger partial charge in [-0.1, -0.05) is 49.7 Å². The van der Waals surface area contributed by atoms with Crippen molar-refractivity contribution in [3.05, 3.63) is 63.9 Å². The molecule has 0 radical (unpaired) electrons. The van der Waals surface area contributed by atoms with E-state index in [1.54, 1.807) is 0 Å². The molecule has 134 valence electrons. The van der Waals surface area contributed by atoms with Crippen LogP contribution >= 0.6 is 27.3 Å². The minimum atomic E-state index is -0.312. The molecule has 0 aliphatic heterocycles. The van der Waals surface area contributed by atoms with Crippen LogP contribution < -0.4 is 10.6 Å². The van der Waals surface area contributed by atoms with Crippen molar-refractivity contribution in [2.75, 3.05) is 10.6 Å². The third-order valence-electron chi connectivity index (χ3n) is 3.92. The molecular formula is C20H20BrN3OS. The average molecular weight is 430 g/mol. The maximum Gasteiger partial charge on any atom is 0.325 e. The standard InChI is InChI=1S/C20H20BrN3OS/c1-2-3-6-14-9-11-15(12-10-14)18-13-26-20(23-18)24-19(25)22-17-8-5-4-7-16(17)21/h4-5,7-13H,2-3,6H2,1H3,(H2,22,23,24,25). The van der Waals surface area contributed by atoms with Crippen LogP contribution in [0.1, 0.15) is 25.3 Å².